The molecule has 0 unspecified atom stereocenters. The molecule has 2 atom stereocenters. The fraction of sp³-hybridized carbons (Fsp3) is 0.368. The van der Waals surface area contributed by atoms with Gasteiger partial charge in [0.15, 0.2) is 0 Å². The first-order valence-electron chi connectivity index (χ1n) is 7.55. The van der Waals surface area contributed by atoms with Crippen molar-refractivity contribution in [2.24, 2.45) is 0 Å². The Morgan fingerprint density at radius 3 is 2.65 bits per heavy atom. The molecule has 0 saturated heterocycles. The van der Waals surface area contributed by atoms with E-state index < -0.39 is 0 Å². The summed E-state index contributed by atoms with van der Waals surface area (Å²) in [6.07, 6.45) is 5.31. The van der Waals surface area contributed by atoms with Gasteiger partial charge in [-0.2, -0.15) is 0 Å². The summed E-state index contributed by atoms with van der Waals surface area (Å²) < 4.78 is 5.20. The van der Waals surface area contributed by atoms with Crippen LogP contribution < -0.4 is 4.74 Å². The molecule has 1 radical (unpaired) electrons. The van der Waals surface area contributed by atoms with Gasteiger partial charge in [0.25, 0.3) is 0 Å². The van der Waals surface area contributed by atoms with Gasteiger partial charge in [-0.15, -0.1) is 6.04 Å². The van der Waals surface area contributed by atoms with Gasteiger partial charge < -0.3 is 17.5 Å². The van der Waals surface area contributed by atoms with Crippen LogP contribution >= 0.6 is 0 Å². The van der Waals surface area contributed by atoms with Gasteiger partial charge in [0.05, 0.1) is 7.11 Å². The molecule has 2 aromatic rings. The molecule has 0 spiro atoms. The first-order valence-corrected chi connectivity index (χ1v) is 7.55. The van der Waals surface area contributed by atoms with Crippen molar-refractivity contribution >= 4 is 0 Å². The molecule has 121 valence electrons. The van der Waals surface area contributed by atoms with Crippen LogP contribution in [0, 0.1) is 7.43 Å². The summed E-state index contributed by atoms with van der Waals surface area (Å²) in [7, 11) is 1.69. The van der Waals surface area contributed by atoms with Crippen LogP contribution in [0.5, 0.6) is 5.75 Å². The minimum Gasteiger partial charge on any atom is -0.648 e. The monoisotopic (exact) mass is 385 g/mol. The molecule has 23 heavy (non-hydrogen) atoms. The number of ether oxygens (including phenoxy) is 1. The zero-order valence-electron chi connectivity index (χ0n) is 14.2. The Morgan fingerprint density at radius 1 is 1.22 bits per heavy atom. The molecular weight excluding hydrogens is 361 g/mol. The van der Waals surface area contributed by atoms with Crippen molar-refractivity contribution < 1.29 is 37.4 Å². The first kappa shape index (κ1) is 20.3. The number of pyridine rings is 1. The van der Waals surface area contributed by atoms with E-state index in [1.807, 2.05) is 24.4 Å². The molecule has 0 aliphatic heterocycles. The third-order valence-electron chi connectivity index (χ3n) is 4.17. The SMILES string of the molecule is COc1ccc([C@H](C)[N-][C@H]2CCCc3cccnc32)cc1.[CH3-].[Y]. The molecule has 1 aromatic carbocycles. The number of fused-ring (bicyclic) bond motifs is 1. The molecule has 1 aromatic heterocycles. The molecule has 0 saturated carbocycles. The van der Waals surface area contributed by atoms with E-state index in [1.165, 1.54) is 23.2 Å². The number of benzene rings is 1. The van der Waals surface area contributed by atoms with E-state index in [2.05, 4.69) is 30.1 Å². The van der Waals surface area contributed by atoms with Gasteiger partial charge in [-0.1, -0.05) is 49.6 Å². The first-order chi connectivity index (χ1) is 10.3. The average molecular weight is 385 g/mol. The zero-order chi connectivity index (χ0) is 14.7. The number of methoxy groups -OCH3 is 1. The second kappa shape index (κ2) is 9.51. The molecule has 1 aliphatic rings. The number of aryl methyl sites for hydroxylation is 1. The minimum atomic E-state index is 0. The van der Waals surface area contributed by atoms with E-state index in [0.717, 1.165) is 18.6 Å². The Balaban J connectivity index is 0.00000132. The van der Waals surface area contributed by atoms with Crippen molar-refractivity contribution in [1.82, 2.24) is 4.98 Å². The van der Waals surface area contributed by atoms with Crippen molar-refractivity contribution in [3.63, 3.8) is 0 Å². The molecule has 4 heteroatoms. The van der Waals surface area contributed by atoms with E-state index in [4.69, 9.17) is 10.1 Å². The Hall–Kier alpha value is -0.766. The summed E-state index contributed by atoms with van der Waals surface area (Å²) in [4.78, 5) is 4.56. The Morgan fingerprint density at radius 2 is 1.96 bits per heavy atom. The fourth-order valence-corrected chi connectivity index (χ4v) is 2.97. The minimum absolute atomic E-state index is 0. The molecule has 3 nitrogen and oxygen atoms in total. The topological polar surface area (TPSA) is 36.2 Å². The second-order valence-corrected chi connectivity index (χ2v) is 5.55. The largest absolute Gasteiger partial charge is 0.648 e. The van der Waals surface area contributed by atoms with E-state index in [0.29, 0.717) is 0 Å². The van der Waals surface area contributed by atoms with Crippen molar-refractivity contribution in [2.75, 3.05) is 7.11 Å². The van der Waals surface area contributed by atoms with Crippen LogP contribution in [-0.2, 0) is 39.1 Å². The van der Waals surface area contributed by atoms with Crippen LogP contribution in [-0.4, -0.2) is 12.1 Å². The van der Waals surface area contributed by atoms with Gasteiger partial charge in [-0.05, 0) is 30.2 Å². The summed E-state index contributed by atoms with van der Waals surface area (Å²) in [6.45, 7) is 2.15. The van der Waals surface area contributed by atoms with Crippen LogP contribution in [0.2, 0.25) is 0 Å². The Bertz CT molecular complexity index is 601. The maximum Gasteiger partial charge on any atom is 0.118 e. The van der Waals surface area contributed by atoms with Crippen LogP contribution in [0.3, 0.4) is 0 Å². The zero-order valence-corrected chi connectivity index (χ0v) is 17.0. The van der Waals surface area contributed by atoms with Crippen LogP contribution in [0.15, 0.2) is 42.6 Å². The van der Waals surface area contributed by atoms with E-state index in [-0.39, 0.29) is 52.2 Å². The predicted octanol–water partition coefficient (Wildman–Crippen LogP) is 5.05. The van der Waals surface area contributed by atoms with E-state index in [1.54, 1.807) is 7.11 Å². The normalized spacial score (nSPS) is 17.2. The maximum atomic E-state index is 5.20. The molecule has 0 amide bonds. The quantitative estimate of drug-likeness (QED) is 0.691. The summed E-state index contributed by atoms with van der Waals surface area (Å²) in [6, 6.07) is 12.8. The molecule has 0 fully saturated rings. The average Bonchev–Trinajstić information content (AvgIpc) is 2.55. The number of rotatable bonds is 4. The number of nitrogens with zero attached hydrogens (tertiary/aromatic N) is 2. The smallest absolute Gasteiger partial charge is 0.118 e. The molecule has 3 rings (SSSR count). The van der Waals surface area contributed by atoms with Crippen molar-refractivity contribution in [2.45, 2.75) is 38.3 Å². The molecule has 0 bridgehead atoms. The van der Waals surface area contributed by atoms with Gasteiger partial charge in [-0.25, -0.2) is 0 Å². The molecule has 1 heterocycles. The third-order valence-corrected chi connectivity index (χ3v) is 4.17. The maximum absolute atomic E-state index is 5.20. The predicted molar refractivity (Wildman–Crippen MR) is 91.1 cm³/mol. The van der Waals surface area contributed by atoms with E-state index in [9.17, 15) is 0 Å². The Kier molecular flexibility index (Phi) is 8.39. The van der Waals surface area contributed by atoms with Gasteiger partial charge >= 0.3 is 0 Å². The molecule has 0 N–H and O–H groups in total. The second-order valence-electron chi connectivity index (χ2n) is 5.55. The van der Waals surface area contributed by atoms with Gasteiger partial charge in [0.1, 0.15) is 5.75 Å². The van der Waals surface area contributed by atoms with Crippen molar-refractivity contribution in [3.8, 4) is 5.75 Å². The fourth-order valence-electron chi connectivity index (χ4n) is 2.97. The number of hydrogen-bond acceptors (Lipinski definition) is 2. The van der Waals surface area contributed by atoms with E-state index >= 15 is 0 Å². The van der Waals surface area contributed by atoms with Crippen LogP contribution in [0.25, 0.3) is 5.32 Å². The summed E-state index contributed by atoms with van der Waals surface area (Å²) >= 11 is 0. The molecular formula is C19H24N2OY-2. The summed E-state index contributed by atoms with van der Waals surface area (Å²) in [5.74, 6) is 0.885. The van der Waals surface area contributed by atoms with Crippen molar-refractivity contribution in [3.05, 3.63) is 72.2 Å². The summed E-state index contributed by atoms with van der Waals surface area (Å²) in [5.41, 5.74) is 3.75. The standard InChI is InChI=1S/C18H21N2O.CH3.Y/c1-13(14-8-10-16(21-2)11-9-14)20-17-7-3-5-15-6-4-12-19-18(15)17;;/h4,6,8-13,17H,3,5,7H2,1-2H3;1H3;/q2*-1;/t13-,17-;;/m0../s1. The number of aromatic nitrogens is 1. The Labute approximate surface area is 165 Å². The van der Waals surface area contributed by atoms with Gasteiger partial charge in [0, 0.05) is 44.6 Å². The van der Waals surface area contributed by atoms with Crippen LogP contribution in [0.1, 0.15) is 48.7 Å². The van der Waals surface area contributed by atoms with Gasteiger partial charge in [0.2, 0.25) is 0 Å². The molecule has 1 aliphatic carbocycles. The van der Waals surface area contributed by atoms with Crippen molar-refractivity contribution in [1.29, 1.82) is 0 Å². The van der Waals surface area contributed by atoms with Crippen LogP contribution in [0.4, 0.5) is 0 Å². The third kappa shape index (κ3) is 4.85. The van der Waals surface area contributed by atoms with Gasteiger partial charge in [-0.3, -0.25) is 4.98 Å². The number of hydrogen-bond donors (Lipinski definition) is 0. The summed E-state index contributed by atoms with van der Waals surface area (Å²) in [5, 5.41) is 5.00.